The zero-order valence-corrected chi connectivity index (χ0v) is 14.3. The van der Waals surface area contributed by atoms with E-state index in [0.717, 1.165) is 44.2 Å². The number of unbranched alkanes of at least 4 members (excludes halogenated alkanes) is 2. The zero-order chi connectivity index (χ0) is 17.2. The lowest BCUT2D eigenvalue weighted by Gasteiger charge is -2.24. The van der Waals surface area contributed by atoms with E-state index in [1.165, 1.54) is 0 Å². The van der Waals surface area contributed by atoms with Gasteiger partial charge in [-0.3, -0.25) is 4.79 Å². The fraction of sp³-hybridized carbons (Fsp3) is 0.471. The maximum Gasteiger partial charge on any atom is 0.315 e. The second-order valence-electron chi connectivity index (χ2n) is 5.83. The van der Waals surface area contributed by atoms with E-state index in [0.29, 0.717) is 11.4 Å². The number of hydrogen-bond donors (Lipinski definition) is 3. The van der Waals surface area contributed by atoms with E-state index in [2.05, 4.69) is 21.2 Å². The highest BCUT2D eigenvalue weighted by Crippen LogP contribution is 2.10. The van der Waals surface area contributed by atoms with Gasteiger partial charge in [0.2, 0.25) is 5.91 Å². The highest BCUT2D eigenvalue weighted by molar-refractivity contribution is 6.30. The minimum absolute atomic E-state index is 0.0795. The van der Waals surface area contributed by atoms with Gasteiger partial charge in [0.25, 0.3) is 0 Å². The first-order valence-electron chi connectivity index (χ1n) is 8.25. The fourth-order valence-corrected chi connectivity index (χ4v) is 2.65. The van der Waals surface area contributed by atoms with Gasteiger partial charge in [0.05, 0.1) is 6.21 Å². The summed E-state index contributed by atoms with van der Waals surface area (Å²) in [5.74, 6) is -0.0876. The molecule has 7 heteroatoms. The molecular weight excluding hydrogens is 328 g/mol. The van der Waals surface area contributed by atoms with Crippen molar-refractivity contribution < 1.29 is 9.59 Å². The molecular formula is C17H23ClN4O2. The van der Waals surface area contributed by atoms with Gasteiger partial charge < -0.3 is 10.6 Å². The van der Waals surface area contributed by atoms with Crippen molar-refractivity contribution in [3.63, 3.8) is 0 Å². The van der Waals surface area contributed by atoms with E-state index in [-0.39, 0.29) is 18.0 Å². The molecule has 3 N–H and O–H groups in total. The van der Waals surface area contributed by atoms with Crippen LogP contribution in [0.4, 0.5) is 4.79 Å². The lowest BCUT2D eigenvalue weighted by atomic mass is 10.0. The summed E-state index contributed by atoms with van der Waals surface area (Å²) in [6.45, 7) is 0.741. The number of nitrogens with one attached hydrogen (secondary N) is 3. The van der Waals surface area contributed by atoms with Gasteiger partial charge in [-0.1, -0.05) is 36.6 Å². The van der Waals surface area contributed by atoms with Crippen LogP contribution < -0.4 is 16.1 Å². The Kier molecular flexibility index (Phi) is 7.55. The molecule has 1 aromatic rings. The molecule has 1 aliphatic rings. The predicted molar refractivity (Wildman–Crippen MR) is 95.2 cm³/mol. The summed E-state index contributed by atoms with van der Waals surface area (Å²) in [6.07, 6.45) is 6.77. The number of amides is 3. The molecule has 130 valence electrons. The lowest BCUT2D eigenvalue weighted by Crippen LogP contribution is -2.49. The van der Waals surface area contributed by atoms with Crippen LogP contribution in [0.15, 0.2) is 29.4 Å². The average Bonchev–Trinajstić information content (AvgIpc) is 2.56. The van der Waals surface area contributed by atoms with Crippen LogP contribution in [-0.4, -0.2) is 30.7 Å². The highest BCUT2D eigenvalue weighted by atomic mass is 35.5. The van der Waals surface area contributed by atoms with Crippen LogP contribution in [0.1, 0.15) is 44.1 Å². The molecule has 1 saturated heterocycles. The monoisotopic (exact) mass is 350 g/mol. The van der Waals surface area contributed by atoms with Gasteiger partial charge in [-0.25, -0.2) is 10.2 Å². The van der Waals surface area contributed by atoms with E-state index < -0.39 is 0 Å². The zero-order valence-electron chi connectivity index (χ0n) is 13.6. The molecule has 6 nitrogen and oxygen atoms in total. The molecule has 0 aromatic heterocycles. The third-order valence-electron chi connectivity index (χ3n) is 3.84. The number of halogens is 1. The van der Waals surface area contributed by atoms with Crippen LogP contribution in [0.2, 0.25) is 5.02 Å². The van der Waals surface area contributed by atoms with Crippen LogP contribution in [0.25, 0.3) is 0 Å². The molecule has 0 radical (unpaired) electrons. The van der Waals surface area contributed by atoms with Gasteiger partial charge in [-0.15, -0.1) is 0 Å². The minimum Gasteiger partial charge on any atom is -0.338 e. The third-order valence-corrected chi connectivity index (χ3v) is 4.09. The standard InChI is InChI=1S/C17H23ClN4O2/c18-14-8-6-13(7-9-14)12-20-22-16(23)5-3-1-2-4-15-10-11-19-17(24)21-15/h6-9,12,15H,1-5,10-11H2,(H,22,23)(H2,19,21,24). The molecule has 0 saturated carbocycles. The summed E-state index contributed by atoms with van der Waals surface area (Å²) < 4.78 is 0. The Morgan fingerprint density at radius 3 is 2.83 bits per heavy atom. The Balaban J connectivity index is 1.53. The summed E-state index contributed by atoms with van der Waals surface area (Å²) in [6, 6.07) is 7.39. The number of carbonyl (C=O) groups is 2. The molecule has 0 aliphatic carbocycles. The van der Waals surface area contributed by atoms with Crippen molar-refractivity contribution in [1.82, 2.24) is 16.1 Å². The van der Waals surface area contributed by atoms with Crippen molar-refractivity contribution in [2.45, 2.75) is 44.6 Å². The van der Waals surface area contributed by atoms with E-state index in [1.54, 1.807) is 18.3 Å². The number of nitrogens with zero attached hydrogens (tertiary/aromatic N) is 1. The van der Waals surface area contributed by atoms with Gasteiger partial charge in [-0.2, -0.15) is 5.10 Å². The molecule has 1 aromatic carbocycles. The molecule has 24 heavy (non-hydrogen) atoms. The Morgan fingerprint density at radius 2 is 2.08 bits per heavy atom. The van der Waals surface area contributed by atoms with Gasteiger partial charge in [0.1, 0.15) is 0 Å². The second kappa shape index (κ2) is 9.93. The highest BCUT2D eigenvalue weighted by Gasteiger charge is 2.16. The molecule has 0 bridgehead atoms. The smallest absolute Gasteiger partial charge is 0.315 e. The predicted octanol–water partition coefficient (Wildman–Crippen LogP) is 2.81. The van der Waals surface area contributed by atoms with Crippen molar-refractivity contribution in [2.75, 3.05) is 6.54 Å². The molecule has 3 amide bonds. The topological polar surface area (TPSA) is 82.6 Å². The number of hydrogen-bond acceptors (Lipinski definition) is 3. The van der Waals surface area contributed by atoms with Crippen LogP contribution in [0, 0.1) is 0 Å². The van der Waals surface area contributed by atoms with Crippen molar-refractivity contribution in [1.29, 1.82) is 0 Å². The Hall–Kier alpha value is -2.08. The second-order valence-corrected chi connectivity index (χ2v) is 6.27. The largest absolute Gasteiger partial charge is 0.338 e. The van der Waals surface area contributed by atoms with E-state index >= 15 is 0 Å². The number of urea groups is 1. The summed E-state index contributed by atoms with van der Waals surface area (Å²) in [7, 11) is 0. The quantitative estimate of drug-likeness (QED) is 0.383. The molecule has 2 rings (SSSR count). The maximum atomic E-state index is 11.7. The molecule has 1 fully saturated rings. The van der Waals surface area contributed by atoms with Gasteiger partial charge >= 0.3 is 6.03 Å². The number of benzene rings is 1. The average molecular weight is 351 g/mol. The van der Waals surface area contributed by atoms with E-state index in [1.807, 2.05) is 12.1 Å². The lowest BCUT2D eigenvalue weighted by molar-refractivity contribution is -0.121. The minimum atomic E-state index is -0.0876. The molecule has 1 atom stereocenters. The summed E-state index contributed by atoms with van der Waals surface area (Å²) >= 11 is 5.80. The van der Waals surface area contributed by atoms with Gasteiger partial charge in [-0.05, 0) is 37.0 Å². The Labute approximate surface area is 147 Å². The van der Waals surface area contributed by atoms with E-state index in [4.69, 9.17) is 11.6 Å². The summed E-state index contributed by atoms with van der Waals surface area (Å²) in [4.78, 5) is 22.9. The van der Waals surface area contributed by atoms with Crippen LogP contribution >= 0.6 is 11.6 Å². The Bertz CT molecular complexity index is 574. The third kappa shape index (κ3) is 7.00. The number of rotatable bonds is 8. The summed E-state index contributed by atoms with van der Waals surface area (Å²) in [5.41, 5.74) is 3.40. The van der Waals surface area contributed by atoms with Crippen molar-refractivity contribution in [2.24, 2.45) is 5.10 Å². The van der Waals surface area contributed by atoms with Crippen molar-refractivity contribution in [3.8, 4) is 0 Å². The van der Waals surface area contributed by atoms with Crippen LogP contribution in [-0.2, 0) is 4.79 Å². The Morgan fingerprint density at radius 1 is 1.29 bits per heavy atom. The molecule has 1 heterocycles. The summed E-state index contributed by atoms with van der Waals surface area (Å²) in [5, 5.41) is 10.2. The van der Waals surface area contributed by atoms with Crippen molar-refractivity contribution in [3.05, 3.63) is 34.9 Å². The first-order valence-corrected chi connectivity index (χ1v) is 8.63. The maximum absolute atomic E-state index is 11.7. The number of hydrazone groups is 1. The first kappa shape index (κ1) is 18.3. The van der Waals surface area contributed by atoms with Crippen LogP contribution in [0.3, 0.4) is 0 Å². The molecule has 1 aliphatic heterocycles. The van der Waals surface area contributed by atoms with Crippen molar-refractivity contribution >= 4 is 29.8 Å². The fourth-order valence-electron chi connectivity index (χ4n) is 2.52. The SMILES string of the molecule is O=C(CCCCCC1CCNC(=O)N1)NN=Cc1ccc(Cl)cc1. The van der Waals surface area contributed by atoms with Gasteiger partial charge in [0.15, 0.2) is 0 Å². The number of carbonyl (C=O) groups excluding carboxylic acids is 2. The molecule has 1 unspecified atom stereocenters. The molecule has 0 spiro atoms. The van der Waals surface area contributed by atoms with E-state index in [9.17, 15) is 9.59 Å². The van der Waals surface area contributed by atoms with Gasteiger partial charge in [0, 0.05) is 24.0 Å². The first-order chi connectivity index (χ1) is 11.6. The van der Waals surface area contributed by atoms with Crippen LogP contribution in [0.5, 0.6) is 0 Å². The normalized spacial score (nSPS) is 17.4.